The second-order valence-electron chi connectivity index (χ2n) is 6.79. The van der Waals surface area contributed by atoms with Crippen LogP contribution in [-0.2, 0) is 6.54 Å². The lowest BCUT2D eigenvalue weighted by Gasteiger charge is -2.16. The molecule has 0 saturated heterocycles. The van der Waals surface area contributed by atoms with E-state index in [1.807, 2.05) is 30.3 Å². The van der Waals surface area contributed by atoms with Gasteiger partial charge in [-0.1, -0.05) is 42.5 Å². The summed E-state index contributed by atoms with van der Waals surface area (Å²) in [6.45, 7) is 2.02. The lowest BCUT2D eigenvalue weighted by Crippen LogP contribution is -2.16. The zero-order valence-corrected chi connectivity index (χ0v) is 15.4. The number of aliphatic hydroxyl groups excluding tert-OH is 1. The normalized spacial score (nSPS) is 15.1. The van der Waals surface area contributed by atoms with Crippen molar-refractivity contribution in [2.24, 2.45) is 0 Å². The van der Waals surface area contributed by atoms with Gasteiger partial charge in [0.2, 0.25) is 0 Å². The predicted molar refractivity (Wildman–Crippen MR) is 108 cm³/mol. The molecule has 0 aliphatic carbocycles. The van der Waals surface area contributed by atoms with Crippen molar-refractivity contribution in [2.45, 2.75) is 19.7 Å². The Hall–Kier alpha value is -3.28. The molecule has 5 heteroatoms. The van der Waals surface area contributed by atoms with Crippen molar-refractivity contribution in [1.29, 1.82) is 0 Å². The molecule has 0 fully saturated rings. The van der Waals surface area contributed by atoms with Gasteiger partial charge in [-0.25, -0.2) is 0 Å². The highest BCUT2D eigenvalue weighted by Gasteiger charge is 2.27. The third-order valence-corrected chi connectivity index (χ3v) is 4.97. The van der Waals surface area contributed by atoms with Crippen LogP contribution in [0.15, 0.2) is 66.7 Å². The first kappa shape index (κ1) is 18.1. The molecule has 0 radical (unpaired) electrons. The zero-order chi connectivity index (χ0) is 19.7. The number of benzene rings is 3. The SMILES string of the molecule is CC(=O)c1cccc(-c2ccc(NC(=O)c3ccccc3)c3c2CNC3O)c1. The second kappa shape index (κ2) is 7.38. The Morgan fingerprint density at radius 1 is 1.00 bits per heavy atom. The van der Waals surface area contributed by atoms with Crippen LogP contribution >= 0.6 is 0 Å². The standard InChI is InChI=1S/C23H20N2O3/c1-14(26)16-8-5-9-17(12-16)18-10-11-20(21-19(18)13-24-23(21)28)25-22(27)15-6-3-2-4-7-15/h2-12,23-24,28H,13H2,1H3,(H,25,27). The third kappa shape index (κ3) is 3.33. The number of aliphatic hydroxyl groups is 1. The van der Waals surface area contributed by atoms with Gasteiger partial charge in [-0.05, 0) is 47.9 Å². The molecule has 1 amide bonds. The Morgan fingerprint density at radius 2 is 1.75 bits per heavy atom. The summed E-state index contributed by atoms with van der Waals surface area (Å²) >= 11 is 0. The second-order valence-corrected chi connectivity index (χ2v) is 6.79. The highest BCUT2D eigenvalue weighted by molar-refractivity contribution is 6.05. The Morgan fingerprint density at radius 3 is 2.50 bits per heavy atom. The highest BCUT2D eigenvalue weighted by atomic mass is 16.3. The topological polar surface area (TPSA) is 78.4 Å². The Bertz CT molecular complexity index is 1060. The number of Topliss-reactive ketones (excluding diaryl/α,β-unsaturated/α-hetero) is 1. The lowest BCUT2D eigenvalue weighted by atomic mass is 9.94. The van der Waals surface area contributed by atoms with Crippen molar-refractivity contribution in [2.75, 3.05) is 5.32 Å². The summed E-state index contributed by atoms with van der Waals surface area (Å²) in [4.78, 5) is 24.3. The maximum atomic E-state index is 12.5. The van der Waals surface area contributed by atoms with Crippen LogP contribution in [0.25, 0.3) is 11.1 Å². The van der Waals surface area contributed by atoms with E-state index in [0.717, 1.165) is 16.7 Å². The van der Waals surface area contributed by atoms with E-state index in [-0.39, 0.29) is 11.7 Å². The third-order valence-electron chi connectivity index (χ3n) is 4.97. The van der Waals surface area contributed by atoms with Gasteiger partial charge in [0.15, 0.2) is 5.78 Å². The van der Waals surface area contributed by atoms with E-state index < -0.39 is 6.23 Å². The molecule has 5 nitrogen and oxygen atoms in total. The monoisotopic (exact) mass is 372 g/mol. The number of hydrogen-bond donors (Lipinski definition) is 3. The molecule has 140 valence electrons. The molecule has 0 aromatic heterocycles. The summed E-state index contributed by atoms with van der Waals surface area (Å²) in [5.74, 6) is -0.225. The summed E-state index contributed by atoms with van der Waals surface area (Å²) in [6, 6.07) is 20.1. The predicted octanol–water partition coefficient (Wildman–Crippen LogP) is 3.90. The molecule has 4 rings (SSSR count). The van der Waals surface area contributed by atoms with E-state index in [2.05, 4.69) is 10.6 Å². The van der Waals surface area contributed by atoms with Gasteiger partial charge < -0.3 is 10.4 Å². The number of amides is 1. The fraction of sp³-hybridized carbons (Fsp3) is 0.130. The number of hydrogen-bond acceptors (Lipinski definition) is 4. The maximum absolute atomic E-state index is 12.5. The molecule has 3 aromatic rings. The lowest BCUT2D eigenvalue weighted by molar-refractivity contribution is 0.101. The van der Waals surface area contributed by atoms with Gasteiger partial charge >= 0.3 is 0 Å². The van der Waals surface area contributed by atoms with Crippen LogP contribution < -0.4 is 10.6 Å². The van der Waals surface area contributed by atoms with Crippen LogP contribution in [0.1, 0.15) is 45.0 Å². The quantitative estimate of drug-likeness (QED) is 0.607. The van der Waals surface area contributed by atoms with Crippen molar-refractivity contribution in [3.63, 3.8) is 0 Å². The molecule has 1 unspecified atom stereocenters. The summed E-state index contributed by atoms with van der Waals surface area (Å²) in [6.07, 6.45) is -0.864. The summed E-state index contributed by atoms with van der Waals surface area (Å²) in [7, 11) is 0. The number of carbonyl (C=O) groups is 2. The first-order chi connectivity index (χ1) is 13.5. The van der Waals surface area contributed by atoms with Crippen LogP contribution in [0.5, 0.6) is 0 Å². The smallest absolute Gasteiger partial charge is 0.255 e. The average molecular weight is 372 g/mol. The first-order valence-corrected chi connectivity index (χ1v) is 9.09. The molecular formula is C23H20N2O3. The Kier molecular flexibility index (Phi) is 4.77. The molecule has 0 bridgehead atoms. The van der Waals surface area contributed by atoms with Crippen LogP contribution in [-0.4, -0.2) is 16.8 Å². The molecule has 0 saturated carbocycles. The minimum Gasteiger partial charge on any atom is -0.374 e. The molecule has 3 aromatic carbocycles. The molecule has 1 atom stereocenters. The molecular weight excluding hydrogens is 352 g/mol. The largest absolute Gasteiger partial charge is 0.374 e. The van der Waals surface area contributed by atoms with E-state index in [4.69, 9.17) is 0 Å². The summed E-state index contributed by atoms with van der Waals surface area (Å²) < 4.78 is 0. The minimum atomic E-state index is -0.864. The maximum Gasteiger partial charge on any atom is 0.255 e. The number of fused-ring (bicyclic) bond motifs is 1. The fourth-order valence-corrected chi connectivity index (χ4v) is 3.54. The van der Waals surface area contributed by atoms with Crippen molar-refractivity contribution >= 4 is 17.4 Å². The zero-order valence-electron chi connectivity index (χ0n) is 15.4. The van der Waals surface area contributed by atoms with Gasteiger partial charge in [-0.2, -0.15) is 0 Å². The molecule has 0 spiro atoms. The number of ketones is 1. The van der Waals surface area contributed by atoms with Gasteiger partial charge in [0.25, 0.3) is 5.91 Å². The van der Waals surface area contributed by atoms with Crippen molar-refractivity contribution in [3.8, 4) is 11.1 Å². The van der Waals surface area contributed by atoms with E-state index in [0.29, 0.717) is 28.9 Å². The van der Waals surface area contributed by atoms with Crippen molar-refractivity contribution in [3.05, 3.63) is 89.0 Å². The van der Waals surface area contributed by atoms with E-state index in [1.165, 1.54) is 6.92 Å². The number of rotatable bonds is 4. The minimum absolute atomic E-state index is 0.00315. The van der Waals surface area contributed by atoms with E-state index in [9.17, 15) is 14.7 Å². The molecule has 3 N–H and O–H groups in total. The van der Waals surface area contributed by atoms with Crippen LogP contribution in [0.4, 0.5) is 5.69 Å². The number of nitrogens with one attached hydrogen (secondary N) is 2. The van der Waals surface area contributed by atoms with Crippen LogP contribution in [0.2, 0.25) is 0 Å². The fourth-order valence-electron chi connectivity index (χ4n) is 3.54. The first-order valence-electron chi connectivity index (χ1n) is 9.09. The Labute approximate surface area is 163 Å². The van der Waals surface area contributed by atoms with Gasteiger partial charge in [-0.15, -0.1) is 0 Å². The van der Waals surface area contributed by atoms with Crippen molar-refractivity contribution in [1.82, 2.24) is 5.32 Å². The highest BCUT2D eigenvalue weighted by Crippen LogP contribution is 2.38. The van der Waals surface area contributed by atoms with Gasteiger partial charge in [-0.3, -0.25) is 14.9 Å². The van der Waals surface area contributed by atoms with E-state index >= 15 is 0 Å². The molecule has 1 heterocycles. The van der Waals surface area contributed by atoms with Gasteiger partial charge in [0.1, 0.15) is 6.23 Å². The molecule has 1 aliphatic rings. The summed E-state index contributed by atoms with van der Waals surface area (Å²) in [5.41, 5.74) is 5.18. The number of carbonyl (C=O) groups excluding carboxylic acids is 2. The van der Waals surface area contributed by atoms with Gasteiger partial charge in [0.05, 0.1) is 0 Å². The van der Waals surface area contributed by atoms with E-state index in [1.54, 1.807) is 36.4 Å². The van der Waals surface area contributed by atoms with Crippen LogP contribution in [0, 0.1) is 0 Å². The van der Waals surface area contributed by atoms with Crippen LogP contribution in [0.3, 0.4) is 0 Å². The number of anilines is 1. The Balaban J connectivity index is 1.74. The summed E-state index contributed by atoms with van der Waals surface area (Å²) in [5, 5.41) is 16.4. The van der Waals surface area contributed by atoms with Crippen molar-refractivity contribution < 1.29 is 14.7 Å². The molecule has 28 heavy (non-hydrogen) atoms. The average Bonchev–Trinajstić information content (AvgIpc) is 3.11. The van der Waals surface area contributed by atoms with Gasteiger partial charge in [0, 0.05) is 28.9 Å². The molecule has 1 aliphatic heterocycles.